The summed E-state index contributed by atoms with van der Waals surface area (Å²) in [5, 5.41) is 7.47. The topological polar surface area (TPSA) is 0 Å². The van der Waals surface area contributed by atoms with Crippen LogP contribution in [0, 0.1) is 0 Å². The zero-order valence-electron chi connectivity index (χ0n) is 26.6. The van der Waals surface area contributed by atoms with Crippen LogP contribution >= 0.6 is 15.8 Å². The second-order valence-corrected chi connectivity index (χ2v) is 17.5. The van der Waals surface area contributed by atoms with Crippen molar-refractivity contribution < 1.29 is 0 Å². The molecule has 2 atom stereocenters. The standard InChI is InChI=1S/C44H42P2/c1-5-19-35(20-6-1)45(36-21-7-2-8-22-36)41-31-29-33-17-13-15-27-39(33)43(41)44-40-28-16-14-18-34(40)30-32-42(44)46(37-23-9-3-10-24-37)38-25-11-4-12-26-38/h1-12,19-26,29-32,41,43H,13-18,27-28H2. The minimum Gasteiger partial charge on any atom is -0.0753 e. The van der Waals surface area contributed by atoms with Crippen LogP contribution in [0.4, 0.5) is 0 Å². The Balaban J connectivity index is 1.41. The molecule has 0 radical (unpaired) electrons. The number of benzene rings is 5. The second-order valence-electron chi connectivity index (χ2n) is 13.0. The lowest BCUT2D eigenvalue weighted by Gasteiger charge is -2.42. The minimum absolute atomic E-state index is 0.396. The number of allylic oxidation sites excluding steroid dienone is 4. The first-order chi connectivity index (χ1) is 22.9. The van der Waals surface area contributed by atoms with Gasteiger partial charge in [-0.2, -0.15) is 0 Å². The van der Waals surface area contributed by atoms with Gasteiger partial charge in [-0.25, -0.2) is 0 Å². The van der Waals surface area contributed by atoms with E-state index < -0.39 is 15.8 Å². The van der Waals surface area contributed by atoms with E-state index in [9.17, 15) is 0 Å². The third-order valence-corrected chi connectivity index (χ3v) is 15.5. The summed E-state index contributed by atoms with van der Waals surface area (Å²) >= 11 is 0. The molecule has 3 aliphatic rings. The molecule has 228 valence electrons. The predicted octanol–water partition coefficient (Wildman–Crippen LogP) is 9.35. The molecular weight excluding hydrogens is 590 g/mol. The Bertz CT molecular complexity index is 1760. The Hall–Kier alpha value is -3.56. The first kappa shape index (κ1) is 29.8. The Labute approximate surface area is 277 Å². The lowest BCUT2D eigenvalue weighted by Crippen LogP contribution is -2.35. The van der Waals surface area contributed by atoms with Crippen molar-refractivity contribution in [3.63, 3.8) is 0 Å². The first-order valence-corrected chi connectivity index (χ1v) is 20.0. The highest BCUT2D eigenvalue weighted by Gasteiger charge is 2.40. The van der Waals surface area contributed by atoms with Gasteiger partial charge in [-0.1, -0.05) is 151 Å². The van der Waals surface area contributed by atoms with E-state index in [1.807, 2.05) is 0 Å². The fraction of sp³-hybridized carbons (Fsp3) is 0.227. The van der Waals surface area contributed by atoms with Gasteiger partial charge in [0.2, 0.25) is 0 Å². The lowest BCUT2D eigenvalue weighted by molar-refractivity contribution is 0.610. The smallest absolute Gasteiger partial charge is 0.0172 e. The van der Waals surface area contributed by atoms with Gasteiger partial charge in [-0.3, -0.25) is 0 Å². The van der Waals surface area contributed by atoms with E-state index in [1.165, 1.54) is 72.6 Å². The fourth-order valence-electron chi connectivity index (χ4n) is 8.25. The van der Waals surface area contributed by atoms with Crippen molar-refractivity contribution in [2.75, 3.05) is 0 Å². The van der Waals surface area contributed by atoms with Crippen molar-refractivity contribution in [1.82, 2.24) is 0 Å². The van der Waals surface area contributed by atoms with Gasteiger partial charge in [0.15, 0.2) is 0 Å². The van der Waals surface area contributed by atoms with Crippen LogP contribution in [-0.4, -0.2) is 5.66 Å². The molecule has 0 N–H and O–H groups in total. The highest BCUT2D eigenvalue weighted by atomic mass is 31.1. The van der Waals surface area contributed by atoms with Crippen molar-refractivity contribution in [2.24, 2.45) is 0 Å². The number of fused-ring (bicyclic) bond motifs is 1. The number of aryl methyl sites for hydroxylation is 1. The van der Waals surface area contributed by atoms with Crippen LogP contribution in [0.25, 0.3) is 0 Å². The molecule has 8 rings (SSSR count). The number of hydrogen-bond donors (Lipinski definition) is 0. The average molecular weight is 633 g/mol. The number of rotatable bonds is 7. The summed E-state index contributed by atoms with van der Waals surface area (Å²) in [7, 11) is -1.35. The molecule has 0 amide bonds. The van der Waals surface area contributed by atoms with Gasteiger partial charge in [0.05, 0.1) is 0 Å². The van der Waals surface area contributed by atoms with Crippen LogP contribution in [0.1, 0.15) is 61.1 Å². The first-order valence-electron chi connectivity index (χ1n) is 17.2. The molecule has 0 aromatic heterocycles. The maximum atomic E-state index is 2.67. The molecule has 46 heavy (non-hydrogen) atoms. The Morgan fingerprint density at radius 3 is 1.61 bits per heavy atom. The number of hydrogen-bond acceptors (Lipinski definition) is 0. The molecule has 0 saturated heterocycles. The third kappa shape index (κ3) is 5.77. The molecular formula is C44H42P2. The lowest BCUT2D eigenvalue weighted by atomic mass is 9.73. The minimum atomic E-state index is -0.718. The van der Waals surface area contributed by atoms with Gasteiger partial charge < -0.3 is 0 Å². The molecule has 0 bridgehead atoms. The molecule has 0 saturated carbocycles. The molecule has 5 aromatic carbocycles. The Morgan fingerprint density at radius 1 is 0.478 bits per heavy atom. The fourth-order valence-corrected chi connectivity index (χ4v) is 13.6. The van der Waals surface area contributed by atoms with E-state index in [0.29, 0.717) is 11.6 Å². The highest BCUT2D eigenvalue weighted by Crippen LogP contribution is 2.56. The maximum Gasteiger partial charge on any atom is 0.0172 e. The third-order valence-electron chi connectivity index (χ3n) is 10.3. The van der Waals surface area contributed by atoms with Gasteiger partial charge in [0.1, 0.15) is 0 Å². The second kappa shape index (κ2) is 13.7. The van der Waals surface area contributed by atoms with Crippen molar-refractivity contribution in [1.29, 1.82) is 0 Å². The predicted molar refractivity (Wildman–Crippen MR) is 202 cm³/mol. The van der Waals surface area contributed by atoms with Crippen molar-refractivity contribution in [3.05, 3.63) is 173 Å². The Morgan fingerprint density at radius 2 is 1.00 bits per heavy atom. The summed E-state index contributed by atoms with van der Waals surface area (Å²) in [5.74, 6) is 0.396. The quantitative estimate of drug-likeness (QED) is 0.157. The van der Waals surface area contributed by atoms with Crippen LogP contribution in [0.5, 0.6) is 0 Å². The van der Waals surface area contributed by atoms with Crippen LogP contribution in [0.2, 0.25) is 0 Å². The Kier molecular flexibility index (Phi) is 8.85. The van der Waals surface area contributed by atoms with Crippen LogP contribution < -0.4 is 26.5 Å². The molecule has 0 heterocycles. The average Bonchev–Trinajstić information content (AvgIpc) is 3.14. The molecule has 2 unspecified atom stereocenters. The molecule has 0 fully saturated rings. The van der Waals surface area contributed by atoms with Crippen LogP contribution in [0.15, 0.2) is 157 Å². The zero-order valence-corrected chi connectivity index (χ0v) is 28.4. The van der Waals surface area contributed by atoms with E-state index in [4.69, 9.17) is 0 Å². The van der Waals surface area contributed by atoms with E-state index in [1.54, 1.807) is 33.1 Å². The van der Waals surface area contributed by atoms with Crippen molar-refractivity contribution in [3.8, 4) is 0 Å². The van der Waals surface area contributed by atoms with Gasteiger partial charge in [-0.15, -0.1) is 0 Å². The largest absolute Gasteiger partial charge is 0.0753 e. The monoisotopic (exact) mass is 632 g/mol. The summed E-state index contributed by atoms with van der Waals surface area (Å²) < 4.78 is 0. The van der Waals surface area contributed by atoms with Gasteiger partial charge >= 0.3 is 0 Å². The van der Waals surface area contributed by atoms with E-state index in [2.05, 4.69) is 146 Å². The van der Waals surface area contributed by atoms with Crippen molar-refractivity contribution in [2.45, 2.75) is 62.9 Å². The molecule has 0 nitrogen and oxygen atoms in total. The summed E-state index contributed by atoms with van der Waals surface area (Å²) in [5.41, 5.74) is 8.77. The zero-order chi connectivity index (χ0) is 30.7. The van der Waals surface area contributed by atoms with Crippen LogP contribution in [-0.2, 0) is 12.8 Å². The summed E-state index contributed by atoms with van der Waals surface area (Å²) in [4.78, 5) is 0. The van der Waals surface area contributed by atoms with E-state index in [-0.39, 0.29) is 0 Å². The van der Waals surface area contributed by atoms with Gasteiger partial charge in [0.25, 0.3) is 0 Å². The van der Waals surface area contributed by atoms with Gasteiger partial charge in [0, 0.05) is 11.6 Å². The molecule has 3 aliphatic carbocycles. The molecule has 0 aliphatic heterocycles. The molecule has 0 spiro atoms. The normalized spacial score (nSPS) is 19.3. The maximum absolute atomic E-state index is 2.67. The summed E-state index contributed by atoms with van der Waals surface area (Å²) in [6.07, 6.45) is 15.3. The SMILES string of the molecule is C1=CC(P(c2ccccc2)c2ccccc2)C(c2c(P(c3ccccc3)c3ccccc3)ccc3c2CCCC3)C2=C1CCCC2. The van der Waals surface area contributed by atoms with Crippen LogP contribution in [0.3, 0.4) is 0 Å². The molecule has 2 heteroatoms. The highest BCUT2D eigenvalue weighted by molar-refractivity contribution is 7.80. The summed E-state index contributed by atoms with van der Waals surface area (Å²) in [6, 6.07) is 50.9. The van der Waals surface area contributed by atoms with E-state index in [0.717, 1.165) is 0 Å². The summed E-state index contributed by atoms with van der Waals surface area (Å²) in [6.45, 7) is 0. The van der Waals surface area contributed by atoms with E-state index >= 15 is 0 Å². The molecule has 5 aromatic rings. The van der Waals surface area contributed by atoms with Gasteiger partial charge in [-0.05, 0) is 116 Å². The van der Waals surface area contributed by atoms with Crippen molar-refractivity contribution >= 4 is 42.4 Å².